The minimum Gasteiger partial charge on any atom is -0.383 e. The Morgan fingerprint density at radius 2 is 2.03 bits per heavy atom. The summed E-state index contributed by atoms with van der Waals surface area (Å²) >= 11 is 3.23. The van der Waals surface area contributed by atoms with Crippen LogP contribution in [0.3, 0.4) is 0 Å². The number of methoxy groups -OCH3 is 1. The highest BCUT2D eigenvalue weighted by Crippen LogP contribution is 2.44. The molecule has 0 spiro atoms. The zero-order valence-electron chi connectivity index (χ0n) is 16.7. The van der Waals surface area contributed by atoms with E-state index in [1.54, 1.807) is 34.7 Å². The molecule has 3 heterocycles. The third-order valence-electron chi connectivity index (χ3n) is 5.39. The van der Waals surface area contributed by atoms with E-state index in [1.165, 1.54) is 5.56 Å². The van der Waals surface area contributed by atoms with Crippen LogP contribution in [0.1, 0.15) is 38.3 Å². The summed E-state index contributed by atoms with van der Waals surface area (Å²) in [4.78, 5) is 29.6. The van der Waals surface area contributed by atoms with E-state index in [2.05, 4.69) is 16.8 Å². The van der Waals surface area contributed by atoms with E-state index < -0.39 is 5.92 Å². The Kier molecular flexibility index (Phi) is 6.62. The van der Waals surface area contributed by atoms with Crippen LogP contribution < -0.4 is 5.32 Å². The second kappa shape index (κ2) is 9.55. The molecule has 3 aromatic rings. The summed E-state index contributed by atoms with van der Waals surface area (Å²) in [6.45, 7) is 1.42. The predicted molar refractivity (Wildman–Crippen MR) is 120 cm³/mol. The van der Waals surface area contributed by atoms with Gasteiger partial charge in [0.1, 0.15) is 0 Å². The average molecular weight is 441 g/mol. The fourth-order valence-electron chi connectivity index (χ4n) is 3.96. The maximum Gasteiger partial charge on any atom is 0.254 e. The smallest absolute Gasteiger partial charge is 0.254 e. The molecular weight excluding hydrogens is 416 g/mol. The largest absolute Gasteiger partial charge is 0.383 e. The quantitative estimate of drug-likeness (QED) is 0.574. The van der Waals surface area contributed by atoms with Crippen molar-refractivity contribution in [3.8, 4) is 0 Å². The predicted octanol–water partition coefficient (Wildman–Crippen LogP) is 4.10. The van der Waals surface area contributed by atoms with Crippen LogP contribution in [0.2, 0.25) is 0 Å². The van der Waals surface area contributed by atoms with Crippen molar-refractivity contribution in [2.75, 3.05) is 26.8 Å². The Morgan fingerprint density at radius 3 is 2.77 bits per heavy atom. The summed E-state index contributed by atoms with van der Waals surface area (Å²) < 4.78 is 5.26. The van der Waals surface area contributed by atoms with Gasteiger partial charge in [-0.1, -0.05) is 24.3 Å². The fraction of sp³-hybridized carbons (Fsp3) is 0.304. The number of thiophene rings is 2. The van der Waals surface area contributed by atoms with Gasteiger partial charge in [0.15, 0.2) is 0 Å². The Morgan fingerprint density at radius 1 is 1.17 bits per heavy atom. The lowest BCUT2D eigenvalue weighted by Crippen LogP contribution is -2.48. The van der Waals surface area contributed by atoms with Crippen molar-refractivity contribution in [2.45, 2.75) is 18.4 Å². The van der Waals surface area contributed by atoms with E-state index >= 15 is 0 Å². The van der Waals surface area contributed by atoms with E-state index in [9.17, 15) is 9.59 Å². The monoisotopic (exact) mass is 440 g/mol. The normalized spacial score (nSPS) is 18.3. The summed E-state index contributed by atoms with van der Waals surface area (Å²) in [5.74, 6) is -0.564. The van der Waals surface area contributed by atoms with Gasteiger partial charge < -0.3 is 15.0 Å². The first-order chi connectivity index (χ1) is 14.7. The molecule has 1 N–H and O–H groups in total. The van der Waals surface area contributed by atoms with Gasteiger partial charge in [-0.3, -0.25) is 9.59 Å². The van der Waals surface area contributed by atoms with Crippen LogP contribution >= 0.6 is 22.7 Å². The van der Waals surface area contributed by atoms with E-state index in [1.807, 2.05) is 47.2 Å². The number of carbonyl (C=O) groups is 2. The van der Waals surface area contributed by atoms with Crippen molar-refractivity contribution in [3.05, 3.63) is 80.2 Å². The molecule has 0 bridgehead atoms. The third kappa shape index (κ3) is 4.19. The molecule has 30 heavy (non-hydrogen) atoms. The zero-order valence-corrected chi connectivity index (χ0v) is 18.4. The first-order valence-electron chi connectivity index (χ1n) is 9.91. The molecule has 1 aliphatic rings. The van der Waals surface area contributed by atoms with Crippen molar-refractivity contribution in [2.24, 2.45) is 0 Å². The molecule has 7 heteroatoms. The maximum atomic E-state index is 13.4. The van der Waals surface area contributed by atoms with Gasteiger partial charge in [0, 0.05) is 30.6 Å². The topological polar surface area (TPSA) is 58.6 Å². The van der Waals surface area contributed by atoms with Gasteiger partial charge >= 0.3 is 0 Å². The molecule has 2 atom stereocenters. The number of amides is 2. The van der Waals surface area contributed by atoms with E-state index in [-0.39, 0.29) is 17.9 Å². The molecule has 1 aromatic carbocycles. The fourth-order valence-corrected chi connectivity index (χ4v) is 5.54. The molecule has 5 nitrogen and oxygen atoms in total. The van der Waals surface area contributed by atoms with Gasteiger partial charge in [-0.05, 0) is 51.9 Å². The molecule has 2 aromatic heterocycles. The highest BCUT2D eigenvalue weighted by molar-refractivity contribution is 7.10. The molecule has 156 valence electrons. The third-order valence-corrected chi connectivity index (χ3v) is 7.06. The summed E-state index contributed by atoms with van der Waals surface area (Å²) in [6, 6.07) is 13.2. The van der Waals surface area contributed by atoms with Gasteiger partial charge in [0.25, 0.3) is 5.91 Å². The van der Waals surface area contributed by atoms with Crippen molar-refractivity contribution in [1.29, 1.82) is 0 Å². The second-order valence-corrected chi connectivity index (χ2v) is 8.95. The van der Waals surface area contributed by atoms with Crippen LogP contribution in [0, 0.1) is 0 Å². The van der Waals surface area contributed by atoms with Crippen molar-refractivity contribution in [3.63, 3.8) is 0 Å². The Labute approximate surface area is 184 Å². The zero-order chi connectivity index (χ0) is 20.9. The van der Waals surface area contributed by atoms with Gasteiger partial charge in [0.2, 0.25) is 5.91 Å². The Balaban J connectivity index is 1.67. The molecule has 0 radical (unpaired) electrons. The van der Waals surface area contributed by atoms with Crippen LogP contribution in [0.25, 0.3) is 0 Å². The van der Waals surface area contributed by atoms with Gasteiger partial charge in [-0.2, -0.15) is 11.3 Å². The Bertz CT molecular complexity index is 986. The summed E-state index contributed by atoms with van der Waals surface area (Å²) in [5.41, 5.74) is 2.61. The summed E-state index contributed by atoms with van der Waals surface area (Å²) in [6.07, 6.45) is 0.791. The minimum atomic E-state index is -0.461. The highest BCUT2D eigenvalue weighted by Gasteiger charge is 2.44. The van der Waals surface area contributed by atoms with Crippen molar-refractivity contribution >= 4 is 34.5 Å². The SMILES string of the molecule is COCCN1C(=O)c2ccccc2[C@H](C(=O)NCCc2ccsc2)[C@@H]1c1cccs1. The molecule has 4 rings (SSSR count). The molecule has 0 saturated carbocycles. The number of benzene rings is 1. The number of nitrogens with one attached hydrogen (secondary N) is 1. The molecule has 0 fully saturated rings. The minimum absolute atomic E-state index is 0.0500. The summed E-state index contributed by atoms with van der Waals surface area (Å²) in [5, 5.41) is 9.24. The van der Waals surface area contributed by atoms with Gasteiger partial charge in [0.05, 0.1) is 18.6 Å². The standard InChI is InChI=1S/C23H24N2O3S2/c1-28-12-11-25-21(19-7-4-13-30-19)20(17-5-2-3-6-18(17)23(25)27)22(26)24-10-8-16-9-14-29-15-16/h2-7,9,13-15,20-21H,8,10-12H2,1H3,(H,24,26)/t20-,21-/m0/s1. The number of hydrogen-bond acceptors (Lipinski definition) is 5. The van der Waals surface area contributed by atoms with E-state index in [4.69, 9.17) is 4.74 Å². The first kappa shape index (κ1) is 20.8. The summed E-state index contributed by atoms with van der Waals surface area (Å²) in [7, 11) is 1.62. The highest BCUT2D eigenvalue weighted by atomic mass is 32.1. The second-order valence-electron chi connectivity index (χ2n) is 7.19. The van der Waals surface area contributed by atoms with Crippen LogP contribution in [0.5, 0.6) is 0 Å². The van der Waals surface area contributed by atoms with Crippen LogP contribution in [0.4, 0.5) is 0 Å². The van der Waals surface area contributed by atoms with Crippen LogP contribution in [-0.2, 0) is 16.0 Å². The lowest BCUT2D eigenvalue weighted by Gasteiger charge is -2.41. The lowest BCUT2D eigenvalue weighted by molar-refractivity contribution is -0.124. The van der Waals surface area contributed by atoms with E-state index in [0.717, 1.165) is 16.9 Å². The van der Waals surface area contributed by atoms with Gasteiger partial charge in [-0.15, -0.1) is 11.3 Å². The molecular formula is C23H24N2O3S2. The number of fused-ring (bicyclic) bond motifs is 1. The van der Waals surface area contributed by atoms with Crippen molar-refractivity contribution in [1.82, 2.24) is 10.2 Å². The molecule has 0 unspecified atom stereocenters. The molecule has 1 aliphatic heterocycles. The van der Waals surface area contributed by atoms with Crippen molar-refractivity contribution < 1.29 is 14.3 Å². The maximum absolute atomic E-state index is 13.4. The van der Waals surface area contributed by atoms with Crippen LogP contribution in [-0.4, -0.2) is 43.5 Å². The first-order valence-corrected chi connectivity index (χ1v) is 11.7. The number of ether oxygens (including phenoxy) is 1. The Hall–Kier alpha value is -2.48. The number of carbonyl (C=O) groups excluding carboxylic acids is 2. The number of nitrogens with zero attached hydrogens (tertiary/aromatic N) is 1. The molecule has 2 amide bonds. The number of hydrogen-bond donors (Lipinski definition) is 1. The lowest BCUT2D eigenvalue weighted by atomic mass is 9.81. The molecule has 0 saturated heterocycles. The average Bonchev–Trinajstić information content (AvgIpc) is 3.47. The van der Waals surface area contributed by atoms with Gasteiger partial charge in [-0.25, -0.2) is 0 Å². The number of rotatable bonds is 8. The van der Waals surface area contributed by atoms with E-state index in [0.29, 0.717) is 25.3 Å². The molecule has 0 aliphatic carbocycles. The van der Waals surface area contributed by atoms with Crippen LogP contribution in [0.15, 0.2) is 58.6 Å².